The molecule has 0 N–H and O–H groups in total. The summed E-state index contributed by atoms with van der Waals surface area (Å²) in [6, 6.07) is 10.3. The van der Waals surface area contributed by atoms with E-state index in [1.165, 1.54) is 6.07 Å². The first kappa shape index (κ1) is 17.5. The van der Waals surface area contributed by atoms with E-state index in [1.54, 1.807) is 24.3 Å². The standard InChI is InChI=1S/C17H13F2NO3S2/c1-25(22,23)20(9-11-6-7-14(18)15(19)8-11)17-13(10-21)12-4-2-3-5-16(12)24-17/h2-8,10H,9H2,1H3. The SMILES string of the molecule is CS(=O)(=O)N(Cc1ccc(F)c(F)c1)c1sc2ccccc2c1C=O. The summed E-state index contributed by atoms with van der Waals surface area (Å²) < 4.78 is 52.9. The van der Waals surface area contributed by atoms with Crippen molar-refractivity contribution in [2.75, 3.05) is 10.6 Å². The van der Waals surface area contributed by atoms with Crippen molar-refractivity contribution in [3.8, 4) is 0 Å². The van der Waals surface area contributed by atoms with Gasteiger partial charge in [0, 0.05) is 10.1 Å². The lowest BCUT2D eigenvalue weighted by Gasteiger charge is -2.21. The number of hydrogen-bond donors (Lipinski definition) is 0. The van der Waals surface area contributed by atoms with E-state index >= 15 is 0 Å². The van der Waals surface area contributed by atoms with E-state index in [9.17, 15) is 22.0 Å². The highest BCUT2D eigenvalue weighted by molar-refractivity contribution is 7.92. The number of hydrogen-bond acceptors (Lipinski definition) is 4. The molecule has 0 aliphatic carbocycles. The summed E-state index contributed by atoms with van der Waals surface area (Å²) in [5.74, 6) is -2.07. The number of carbonyl (C=O) groups is 1. The van der Waals surface area contributed by atoms with E-state index in [0.717, 1.165) is 38.7 Å². The fourth-order valence-corrected chi connectivity index (χ4v) is 4.87. The second-order valence-corrected chi connectivity index (χ2v) is 8.39. The van der Waals surface area contributed by atoms with Crippen LogP contribution in [-0.2, 0) is 16.6 Å². The van der Waals surface area contributed by atoms with Crippen LogP contribution >= 0.6 is 11.3 Å². The van der Waals surface area contributed by atoms with Gasteiger partial charge < -0.3 is 0 Å². The normalized spacial score (nSPS) is 11.6. The monoisotopic (exact) mass is 381 g/mol. The van der Waals surface area contributed by atoms with Gasteiger partial charge in [0.2, 0.25) is 10.0 Å². The lowest BCUT2D eigenvalue weighted by atomic mass is 10.2. The molecule has 0 radical (unpaired) electrons. The van der Waals surface area contributed by atoms with Crippen molar-refractivity contribution >= 4 is 42.7 Å². The maximum absolute atomic E-state index is 13.4. The van der Waals surface area contributed by atoms with Crippen LogP contribution in [0.4, 0.5) is 13.8 Å². The minimum Gasteiger partial charge on any atom is -0.298 e. The molecule has 1 heterocycles. The van der Waals surface area contributed by atoms with Gasteiger partial charge in [0.05, 0.1) is 18.4 Å². The van der Waals surface area contributed by atoms with Crippen molar-refractivity contribution in [2.24, 2.45) is 0 Å². The Morgan fingerprint density at radius 3 is 2.48 bits per heavy atom. The van der Waals surface area contributed by atoms with E-state index < -0.39 is 21.7 Å². The van der Waals surface area contributed by atoms with Crippen LogP contribution in [0.15, 0.2) is 42.5 Å². The van der Waals surface area contributed by atoms with Crippen LogP contribution in [0.1, 0.15) is 15.9 Å². The zero-order valence-electron chi connectivity index (χ0n) is 13.1. The predicted molar refractivity (Wildman–Crippen MR) is 94.6 cm³/mol. The molecule has 0 amide bonds. The Bertz CT molecular complexity index is 1060. The topological polar surface area (TPSA) is 54.5 Å². The Hall–Kier alpha value is -2.32. The molecule has 0 fully saturated rings. The number of thiophene rings is 1. The smallest absolute Gasteiger partial charge is 0.233 e. The van der Waals surface area contributed by atoms with Crippen LogP contribution in [0, 0.1) is 11.6 Å². The van der Waals surface area contributed by atoms with Gasteiger partial charge >= 0.3 is 0 Å². The molecule has 1 aromatic heterocycles. The second-order valence-electron chi connectivity index (χ2n) is 5.45. The highest BCUT2D eigenvalue weighted by Crippen LogP contribution is 2.38. The third-order valence-corrected chi connectivity index (χ3v) is 6.11. The molecule has 0 saturated heterocycles. The minimum absolute atomic E-state index is 0.205. The van der Waals surface area contributed by atoms with Crippen LogP contribution in [0.25, 0.3) is 10.1 Å². The fraction of sp³-hybridized carbons (Fsp3) is 0.118. The Labute approximate surface area is 147 Å². The molecule has 2 aromatic carbocycles. The zero-order chi connectivity index (χ0) is 18.2. The molecule has 8 heteroatoms. The Morgan fingerprint density at radius 2 is 1.84 bits per heavy atom. The van der Waals surface area contributed by atoms with Crippen LogP contribution in [0.5, 0.6) is 0 Å². The number of fused-ring (bicyclic) bond motifs is 1. The molecule has 3 rings (SSSR count). The van der Waals surface area contributed by atoms with Gasteiger partial charge in [-0.15, -0.1) is 11.3 Å². The maximum atomic E-state index is 13.4. The highest BCUT2D eigenvalue weighted by Gasteiger charge is 2.25. The fourth-order valence-electron chi connectivity index (χ4n) is 2.50. The summed E-state index contributed by atoms with van der Waals surface area (Å²) in [5.41, 5.74) is 0.534. The average Bonchev–Trinajstić information content (AvgIpc) is 2.92. The van der Waals surface area contributed by atoms with Gasteiger partial charge in [-0.25, -0.2) is 17.2 Å². The Balaban J connectivity index is 2.14. The number of aldehydes is 1. The van der Waals surface area contributed by atoms with Gasteiger partial charge in [0.1, 0.15) is 5.00 Å². The molecule has 4 nitrogen and oxygen atoms in total. The van der Waals surface area contributed by atoms with Crippen molar-refractivity contribution in [2.45, 2.75) is 6.54 Å². The lowest BCUT2D eigenvalue weighted by Crippen LogP contribution is -2.29. The molecule has 0 aliphatic rings. The third kappa shape index (κ3) is 3.40. The molecule has 0 aliphatic heterocycles. The first-order valence-corrected chi connectivity index (χ1v) is 9.86. The molecular formula is C17H13F2NO3S2. The van der Waals surface area contributed by atoms with Gasteiger partial charge in [-0.2, -0.15) is 0 Å². The molecule has 3 aromatic rings. The summed E-state index contributed by atoms with van der Waals surface area (Å²) in [6.07, 6.45) is 1.61. The molecular weight excluding hydrogens is 368 g/mol. The summed E-state index contributed by atoms with van der Waals surface area (Å²) >= 11 is 1.16. The van der Waals surface area contributed by atoms with Crippen molar-refractivity contribution in [1.82, 2.24) is 0 Å². The number of anilines is 1. The van der Waals surface area contributed by atoms with E-state index in [2.05, 4.69) is 0 Å². The van der Waals surface area contributed by atoms with Crippen molar-refractivity contribution < 1.29 is 22.0 Å². The van der Waals surface area contributed by atoms with Crippen LogP contribution in [-0.4, -0.2) is 21.0 Å². The summed E-state index contributed by atoms with van der Waals surface area (Å²) in [7, 11) is -3.75. The number of rotatable bonds is 5. The van der Waals surface area contributed by atoms with Gasteiger partial charge in [0.25, 0.3) is 0 Å². The van der Waals surface area contributed by atoms with Gasteiger partial charge in [-0.05, 0) is 23.8 Å². The quantitative estimate of drug-likeness (QED) is 0.629. The average molecular weight is 381 g/mol. The van der Waals surface area contributed by atoms with Crippen LogP contribution in [0.2, 0.25) is 0 Å². The van der Waals surface area contributed by atoms with E-state index in [4.69, 9.17) is 0 Å². The number of carbonyl (C=O) groups excluding carboxylic acids is 1. The van der Waals surface area contributed by atoms with Crippen LogP contribution < -0.4 is 4.31 Å². The molecule has 130 valence electrons. The van der Waals surface area contributed by atoms with Crippen molar-refractivity contribution in [1.29, 1.82) is 0 Å². The molecule has 0 atom stereocenters. The minimum atomic E-state index is -3.75. The number of halogens is 2. The zero-order valence-corrected chi connectivity index (χ0v) is 14.7. The summed E-state index contributed by atoms with van der Waals surface area (Å²) in [5, 5.41) is 0.903. The summed E-state index contributed by atoms with van der Waals surface area (Å²) in [4.78, 5) is 11.6. The third-order valence-electron chi connectivity index (χ3n) is 3.67. The van der Waals surface area contributed by atoms with E-state index in [0.29, 0.717) is 11.7 Å². The van der Waals surface area contributed by atoms with E-state index in [-0.39, 0.29) is 22.7 Å². The summed E-state index contributed by atoms with van der Waals surface area (Å²) in [6.45, 7) is -0.205. The first-order valence-electron chi connectivity index (χ1n) is 7.19. The number of benzene rings is 2. The number of sulfonamides is 1. The predicted octanol–water partition coefficient (Wildman–Crippen LogP) is 3.96. The molecule has 25 heavy (non-hydrogen) atoms. The van der Waals surface area contributed by atoms with Gasteiger partial charge in [-0.3, -0.25) is 9.10 Å². The maximum Gasteiger partial charge on any atom is 0.233 e. The molecule has 0 saturated carbocycles. The number of nitrogens with zero attached hydrogens (tertiary/aromatic N) is 1. The Kier molecular flexibility index (Phi) is 4.57. The second kappa shape index (κ2) is 6.53. The van der Waals surface area contributed by atoms with Gasteiger partial charge in [0.15, 0.2) is 17.9 Å². The molecule has 0 bridgehead atoms. The Morgan fingerprint density at radius 1 is 1.12 bits per heavy atom. The molecule has 0 unspecified atom stereocenters. The largest absolute Gasteiger partial charge is 0.298 e. The van der Waals surface area contributed by atoms with Crippen molar-refractivity contribution in [3.05, 3.63) is 65.2 Å². The van der Waals surface area contributed by atoms with E-state index in [1.807, 2.05) is 0 Å². The molecule has 0 spiro atoms. The van der Waals surface area contributed by atoms with Crippen molar-refractivity contribution in [3.63, 3.8) is 0 Å². The first-order chi connectivity index (χ1) is 11.8. The van der Waals surface area contributed by atoms with Crippen LogP contribution in [0.3, 0.4) is 0 Å². The lowest BCUT2D eigenvalue weighted by molar-refractivity contribution is 0.112. The highest BCUT2D eigenvalue weighted by atomic mass is 32.2. The van der Waals surface area contributed by atoms with Gasteiger partial charge in [-0.1, -0.05) is 24.3 Å².